The molecule has 1 aliphatic heterocycles. The minimum absolute atomic E-state index is 0.0575. The van der Waals surface area contributed by atoms with E-state index in [0.29, 0.717) is 18.5 Å². The highest BCUT2D eigenvalue weighted by atomic mass is 19.1. The van der Waals surface area contributed by atoms with Gasteiger partial charge in [-0.3, -0.25) is 9.59 Å². The molecule has 2 amide bonds. The van der Waals surface area contributed by atoms with Gasteiger partial charge in [-0.2, -0.15) is 0 Å². The predicted octanol–water partition coefficient (Wildman–Crippen LogP) is 1.38. The molecule has 0 radical (unpaired) electrons. The first kappa shape index (κ1) is 18.8. The van der Waals surface area contributed by atoms with Crippen molar-refractivity contribution in [2.75, 3.05) is 13.2 Å². The molecule has 2 aliphatic rings. The maximum absolute atomic E-state index is 12.9. The molecule has 1 aromatic rings. The molecule has 3 N–H and O–H groups in total. The summed E-state index contributed by atoms with van der Waals surface area (Å²) in [5.74, 6) is -0.444. The van der Waals surface area contributed by atoms with Crippen LogP contribution in [0.1, 0.15) is 42.5 Å². The summed E-state index contributed by atoms with van der Waals surface area (Å²) in [6.45, 7) is 0.284. The van der Waals surface area contributed by atoms with Crippen molar-refractivity contribution >= 4 is 11.8 Å². The van der Waals surface area contributed by atoms with E-state index in [1.807, 2.05) is 0 Å². The molecule has 0 unspecified atom stereocenters. The van der Waals surface area contributed by atoms with E-state index in [-0.39, 0.29) is 42.3 Å². The number of rotatable bonds is 7. The number of hydrogen-bond donors (Lipinski definition) is 3. The van der Waals surface area contributed by atoms with Crippen molar-refractivity contribution in [2.24, 2.45) is 5.92 Å². The second kappa shape index (κ2) is 8.60. The standard InChI is InChI=1S/C19H25FN2O4/c20-14-5-3-12(4-6-14)18(24)21-10-9-15-7-8-16(17(11-23)26-15)22-19(25)13-1-2-13/h3-6,13,15-17,23H,1-2,7-11H2,(H,21,24)(H,22,25)/t15-,16-,17+/m0/s1. The average molecular weight is 364 g/mol. The van der Waals surface area contributed by atoms with Gasteiger partial charge in [0.2, 0.25) is 5.91 Å². The first-order valence-electron chi connectivity index (χ1n) is 9.17. The second-order valence-electron chi connectivity index (χ2n) is 7.00. The monoisotopic (exact) mass is 364 g/mol. The van der Waals surface area contributed by atoms with Crippen LogP contribution in [0.4, 0.5) is 4.39 Å². The molecule has 1 saturated heterocycles. The number of amides is 2. The Hall–Kier alpha value is -1.99. The van der Waals surface area contributed by atoms with Crippen molar-refractivity contribution in [2.45, 2.75) is 50.4 Å². The molecule has 2 fully saturated rings. The topological polar surface area (TPSA) is 87.7 Å². The van der Waals surface area contributed by atoms with Crippen molar-refractivity contribution in [1.82, 2.24) is 10.6 Å². The Morgan fingerprint density at radius 2 is 1.88 bits per heavy atom. The van der Waals surface area contributed by atoms with E-state index in [9.17, 15) is 19.1 Å². The molecule has 1 aromatic carbocycles. The molecule has 3 atom stereocenters. The number of nitrogens with one attached hydrogen (secondary N) is 2. The molecule has 6 nitrogen and oxygen atoms in total. The minimum Gasteiger partial charge on any atom is -0.394 e. The molecule has 26 heavy (non-hydrogen) atoms. The Labute approximate surface area is 152 Å². The molecule has 1 aliphatic carbocycles. The van der Waals surface area contributed by atoms with Crippen LogP contribution in [0.3, 0.4) is 0 Å². The third-order valence-corrected chi connectivity index (χ3v) is 4.93. The minimum atomic E-state index is -0.413. The van der Waals surface area contributed by atoms with Gasteiger partial charge in [0.25, 0.3) is 5.91 Å². The molecule has 7 heteroatoms. The van der Waals surface area contributed by atoms with Gasteiger partial charge in [0.05, 0.1) is 18.8 Å². The fraction of sp³-hybridized carbons (Fsp3) is 0.579. The first-order valence-corrected chi connectivity index (χ1v) is 9.17. The Balaban J connectivity index is 1.41. The second-order valence-corrected chi connectivity index (χ2v) is 7.00. The number of carbonyl (C=O) groups excluding carboxylic acids is 2. The molecular formula is C19H25FN2O4. The van der Waals surface area contributed by atoms with Crippen LogP contribution in [0, 0.1) is 11.7 Å². The lowest BCUT2D eigenvalue weighted by Gasteiger charge is -2.36. The fourth-order valence-electron chi connectivity index (χ4n) is 3.21. The van der Waals surface area contributed by atoms with Gasteiger partial charge in [0.1, 0.15) is 11.9 Å². The van der Waals surface area contributed by atoms with Crippen LogP contribution < -0.4 is 10.6 Å². The summed E-state index contributed by atoms with van der Waals surface area (Å²) in [4.78, 5) is 23.9. The van der Waals surface area contributed by atoms with E-state index in [1.165, 1.54) is 24.3 Å². The molecule has 3 rings (SSSR count). The number of aliphatic hydroxyl groups is 1. The number of hydrogen-bond acceptors (Lipinski definition) is 4. The van der Waals surface area contributed by atoms with Gasteiger partial charge in [0, 0.05) is 18.0 Å². The molecular weight excluding hydrogens is 339 g/mol. The summed E-state index contributed by atoms with van der Waals surface area (Å²) in [6, 6.07) is 5.23. The Bertz CT molecular complexity index is 633. The lowest BCUT2D eigenvalue weighted by atomic mass is 9.97. The number of benzene rings is 1. The predicted molar refractivity (Wildman–Crippen MR) is 93.0 cm³/mol. The highest BCUT2D eigenvalue weighted by Crippen LogP contribution is 2.30. The fourth-order valence-corrected chi connectivity index (χ4v) is 3.21. The van der Waals surface area contributed by atoms with Gasteiger partial charge in [-0.1, -0.05) is 0 Å². The van der Waals surface area contributed by atoms with Crippen molar-refractivity contribution in [3.8, 4) is 0 Å². The summed E-state index contributed by atoms with van der Waals surface area (Å²) in [5, 5.41) is 15.3. The molecule has 1 heterocycles. The van der Waals surface area contributed by atoms with Crippen LogP contribution in [0.15, 0.2) is 24.3 Å². The van der Waals surface area contributed by atoms with Gasteiger partial charge in [0.15, 0.2) is 0 Å². The SMILES string of the molecule is O=C(NCC[C@@H]1CC[C@H](NC(=O)C2CC2)[C@@H](CO)O1)c1ccc(F)cc1. The zero-order valence-corrected chi connectivity index (χ0v) is 14.6. The van der Waals surface area contributed by atoms with Gasteiger partial charge >= 0.3 is 0 Å². The van der Waals surface area contributed by atoms with Gasteiger partial charge in [-0.05, 0) is 56.4 Å². The van der Waals surface area contributed by atoms with E-state index in [0.717, 1.165) is 25.7 Å². The summed E-state index contributed by atoms with van der Waals surface area (Å²) in [6.07, 6.45) is 3.53. The lowest BCUT2D eigenvalue weighted by molar-refractivity contribution is -0.129. The summed E-state index contributed by atoms with van der Waals surface area (Å²) in [5.41, 5.74) is 0.409. The van der Waals surface area contributed by atoms with E-state index in [4.69, 9.17) is 4.74 Å². The van der Waals surface area contributed by atoms with Crippen molar-refractivity contribution in [1.29, 1.82) is 0 Å². The van der Waals surface area contributed by atoms with Crippen LogP contribution in [-0.2, 0) is 9.53 Å². The van der Waals surface area contributed by atoms with Crippen molar-refractivity contribution in [3.63, 3.8) is 0 Å². The van der Waals surface area contributed by atoms with E-state index in [2.05, 4.69) is 10.6 Å². The normalized spacial score (nSPS) is 25.5. The summed E-state index contributed by atoms with van der Waals surface area (Å²) in [7, 11) is 0. The van der Waals surface area contributed by atoms with Crippen molar-refractivity contribution in [3.05, 3.63) is 35.6 Å². The number of carbonyl (C=O) groups is 2. The first-order chi connectivity index (χ1) is 12.6. The Morgan fingerprint density at radius 1 is 1.15 bits per heavy atom. The smallest absolute Gasteiger partial charge is 0.251 e. The van der Waals surface area contributed by atoms with E-state index < -0.39 is 6.10 Å². The van der Waals surface area contributed by atoms with E-state index >= 15 is 0 Å². The van der Waals surface area contributed by atoms with Crippen LogP contribution >= 0.6 is 0 Å². The van der Waals surface area contributed by atoms with Crippen LogP contribution in [0.2, 0.25) is 0 Å². The van der Waals surface area contributed by atoms with Crippen LogP contribution in [-0.4, -0.2) is 48.3 Å². The maximum Gasteiger partial charge on any atom is 0.251 e. The van der Waals surface area contributed by atoms with E-state index in [1.54, 1.807) is 0 Å². The zero-order valence-electron chi connectivity index (χ0n) is 14.6. The van der Waals surface area contributed by atoms with Gasteiger partial charge < -0.3 is 20.5 Å². The van der Waals surface area contributed by atoms with Crippen molar-refractivity contribution < 1.29 is 23.8 Å². The highest BCUT2D eigenvalue weighted by molar-refractivity contribution is 5.94. The van der Waals surface area contributed by atoms with Crippen LogP contribution in [0.25, 0.3) is 0 Å². The average Bonchev–Trinajstić information content (AvgIpc) is 3.48. The molecule has 0 aromatic heterocycles. The largest absolute Gasteiger partial charge is 0.394 e. The Kier molecular flexibility index (Phi) is 6.21. The number of ether oxygens (including phenoxy) is 1. The number of aliphatic hydroxyl groups excluding tert-OH is 1. The molecule has 0 bridgehead atoms. The molecule has 142 valence electrons. The molecule has 0 spiro atoms. The highest BCUT2D eigenvalue weighted by Gasteiger charge is 2.36. The Morgan fingerprint density at radius 3 is 2.54 bits per heavy atom. The quantitative estimate of drug-likeness (QED) is 0.682. The van der Waals surface area contributed by atoms with Crippen LogP contribution in [0.5, 0.6) is 0 Å². The lowest BCUT2D eigenvalue weighted by Crippen LogP contribution is -2.51. The number of halogens is 1. The zero-order chi connectivity index (χ0) is 18.5. The molecule has 1 saturated carbocycles. The summed E-state index contributed by atoms with van der Waals surface area (Å²) < 4.78 is 18.8. The maximum atomic E-state index is 12.9. The van der Waals surface area contributed by atoms with Gasteiger partial charge in [-0.15, -0.1) is 0 Å². The third kappa shape index (κ3) is 5.02. The third-order valence-electron chi connectivity index (χ3n) is 4.93. The summed E-state index contributed by atoms with van der Waals surface area (Å²) >= 11 is 0. The van der Waals surface area contributed by atoms with Gasteiger partial charge in [-0.25, -0.2) is 4.39 Å².